The lowest BCUT2D eigenvalue weighted by Crippen LogP contribution is -2.57. The largest absolute Gasteiger partial charge is 0.493 e. The van der Waals surface area contributed by atoms with Crippen LogP contribution in [0.1, 0.15) is 35.8 Å². The van der Waals surface area contributed by atoms with Gasteiger partial charge in [0.1, 0.15) is 17.1 Å². The summed E-state index contributed by atoms with van der Waals surface area (Å²) in [5.74, 6) is -3.08. The van der Waals surface area contributed by atoms with Gasteiger partial charge in [-0.25, -0.2) is 4.39 Å². The zero-order chi connectivity index (χ0) is 22.8. The van der Waals surface area contributed by atoms with Gasteiger partial charge in [0.05, 0.1) is 36.4 Å². The molecule has 5 rings (SSSR count). The topological polar surface area (TPSA) is 84.9 Å². The van der Waals surface area contributed by atoms with E-state index in [0.29, 0.717) is 11.3 Å². The highest BCUT2D eigenvalue weighted by atomic mass is 79.9. The fourth-order valence-corrected chi connectivity index (χ4v) is 5.64. The minimum Gasteiger partial charge on any atom is -0.493 e. The second-order valence-corrected chi connectivity index (χ2v) is 9.21. The quantitative estimate of drug-likeness (QED) is 0.633. The Bertz CT molecular complexity index is 1170. The third-order valence-electron chi connectivity index (χ3n) is 6.62. The lowest BCUT2D eigenvalue weighted by molar-refractivity contribution is -0.155. The molecule has 7 nitrogen and oxygen atoms in total. The van der Waals surface area contributed by atoms with Gasteiger partial charge in [0.15, 0.2) is 0 Å². The van der Waals surface area contributed by atoms with Gasteiger partial charge in [0.25, 0.3) is 11.8 Å². The number of carbonyl (C=O) groups is 3. The number of esters is 1. The average molecular weight is 503 g/mol. The number of fused-ring (bicyclic) bond motifs is 6. The molecular formula is C23H20BrFN2O5. The second kappa shape index (κ2) is 7.30. The number of rotatable bonds is 2. The monoisotopic (exact) mass is 502 g/mol. The number of nitrogens with one attached hydrogen (secondary N) is 1. The van der Waals surface area contributed by atoms with Crippen molar-refractivity contribution in [1.29, 1.82) is 0 Å². The Morgan fingerprint density at radius 1 is 1.31 bits per heavy atom. The first-order chi connectivity index (χ1) is 15.3. The zero-order valence-corrected chi connectivity index (χ0v) is 18.9. The SMILES string of the molecule is CCOC(=O)C1C2COc3ccc(Br)cc3C2N2C(=O)c3ccc(F)cc3NC(=O)[C@@]12C. The molecular weight excluding hydrogens is 483 g/mol. The molecule has 1 saturated heterocycles. The van der Waals surface area contributed by atoms with Crippen molar-refractivity contribution in [2.75, 3.05) is 18.5 Å². The first-order valence-electron chi connectivity index (χ1n) is 10.3. The predicted octanol–water partition coefficient (Wildman–Crippen LogP) is 3.68. The molecule has 2 aromatic carbocycles. The van der Waals surface area contributed by atoms with Gasteiger partial charge in [-0.3, -0.25) is 14.4 Å². The van der Waals surface area contributed by atoms with Crippen LogP contribution in [0, 0.1) is 17.7 Å². The molecule has 1 fully saturated rings. The van der Waals surface area contributed by atoms with E-state index < -0.39 is 47.0 Å². The molecule has 1 N–H and O–H groups in total. The summed E-state index contributed by atoms with van der Waals surface area (Å²) >= 11 is 3.46. The fourth-order valence-electron chi connectivity index (χ4n) is 5.26. The van der Waals surface area contributed by atoms with Gasteiger partial charge in [0, 0.05) is 16.0 Å². The maximum absolute atomic E-state index is 13.9. The molecule has 0 spiro atoms. The summed E-state index contributed by atoms with van der Waals surface area (Å²) in [6.45, 7) is 3.53. The average Bonchev–Trinajstić information content (AvgIpc) is 2.99. The highest BCUT2D eigenvalue weighted by Crippen LogP contribution is 2.57. The Hall–Kier alpha value is -2.94. The van der Waals surface area contributed by atoms with Gasteiger partial charge in [-0.1, -0.05) is 15.9 Å². The molecule has 3 unspecified atom stereocenters. The van der Waals surface area contributed by atoms with Crippen LogP contribution in [0.5, 0.6) is 5.75 Å². The molecule has 0 saturated carbocycles. The number of hydrogen-bond donors (Lipinski definition) is 1. The van der Waals surface area contributed by atoms with Crippen molar-refractivity contribution in [2.24, 2.45) is 11.8 Å². The smallest absolute Gasteiger partial charge is 0.312 e. The summed E-state index contributed by atoms with van der Waals surface area (Å²) in [4.78, 5) is 42.1. The molecule has 3 aliphatic rings. The number of anilines is 1. The van der Waals surface area contributed by atoms with E-state index in [0.717, 1.165) is 10.5 Å². The van der Waals surface area contributed by atoms with Crippen LogP contribution in [-0.2, 0) is 14.3 Å². The Labute approximate surface area is 192 Å². The molecule has 166 valence electrons. The molecule has 9 heteroatoms. The third-order valence-corrected chi connectivity index (χ3v) is 7.11. The van der Waals surface area contributed by atoms with Crippen molar-refractivity contribution in [3.8, 4) is 5.75 Å². The molecule has 0 aromatic heterocycles. The maximum Gasteiger partial charge on any atom is 0.312 e. The van der Waals surface area contributed by atoms with Crippen molar-refractivity contribution in [3.63, 3.8) is 0 Å². The number of ether oxygens (including phenoxy) is 2. The van der Waals surface area contributed by atoms with E-state index in [1.807, 2.05) is 12.1 Å². The summed E-state index contributed by atoms with van der Waals surface area (Å²) in [6.07, 6.45) is 0. The van der Waals surface area contributed by atoms with Crippen LogP contribution in [-0.4, -0.2) is 41.4 Å². The van der Waals surface area contributed by atoms with Crippen molar-refractivity contribution >= 4 is 39.4 Å². The number of benzene rings is 2. The number of carbonyl (C=O) groups excluding carboxylic acids is 3. The Kier molecular flexibility index (Phi) is 4.77. The maximum atomic E-state index is 13.9. The third kappa shape index (κ3) is 2.80. The van der Waals surface area contributed by atoms with E-state index in [-0.39, 0.29) is 24.5 Å². The van der Waals surface area contributed by atoms with E-state index in [9.17, 15) is 18.8 Å². The van der Waals surface area contributed by atoms with Crippen LogP contribution in [0.3, 0.4) is 0 Å². The van der Waals surface area contributed by atoms with Crippen molar-refractivity contribution in [1.82, 2.24) is 4.90 Å². The number of amides is 2. The second-order valence-electron chi connectivity index (χ2n) is 8.30. The zero-order valence-electron chi connectivity index (χ0n) is 17.4. The van der Waals surface area contributed by atoms with Crippen LogP contribution in [0.2, 0.25) is 0 Å². The lowest BCUT2D eigenvalue weighted by Gasteiger charge is -2.38. The first-order valence-corrected chi connectivity index (χ1v) is 11.1. The Morgan fingerprint density at radius 2 is 2.09 bits per heavy atom. The number of halogens is 2. The van der Waals surface area contributed by atoms with Crippen molar-refractivity contribution < 1.29 is 28.2 Å². The van der Waals surface area contributed by atoms with E-state index >= 15 is 0 Å². The van der Waals surface area contributed by atoms with Gasteiger partial charge in [-0.15, -0.1) is 0 Å². The summed E-state index contributed by atoms with van der Waals surface area (Å²) in [7, 11) is 0. The Balaban J connectivity index is 1.76. The van der Waals surface area contributed by atoms with Crippen molar-refractivity contribution in [3.05, 3.63) is 57.8 Å². The summed E-state index contributed by atoms with van der Waals surface area (Å²) < 4.78 is 26.0. The summed E-state index contributed by atoms with van der Waals surface area (Å²) in [5, 5.41) is 2.68. The van der Waals surface area contributed by atoms with Gasteiger partial charge >= 0.3 is 5.97 Å². The molecule has 2 aromatic rings. The van der Waals surface area contributed by atoms with Gasteiger partial charge in [0.2, 0.25) is 0 Å². The molecule has 0 bridgehead atoms. The van der Waals surface area contributed by atoms with Crippen LogP contribution >= 0.6 is 15.9 Å². The van der Waals surface area contributed by atoms with Crippen LogP contribution in [0.15, 0.2) is 40.9 Å². The van der Waals surface area contributed by atoms with E-state index in [1.165, 1.54) is 17.0 Å². The standard InChI is InChI=1S/C23H20BrFN2O5/c1-3-31-21(29)18-15-10-32-17-7-4-11(24)8-14(17)19(15)27-20(28)13-6-5-12(25)9-16(13)26-22(30)23(18,27)2/h4-9,15,18-19H,3,10H2,1-2H3,(H,26,30)/t15?,18?,19?,23-/m1/s1. The van der Waals surface area contributed by atoms with Crippen molar-refractivity contribution in [2.45, 2.75) is 25.4 Å². The molecule has 0 aliphatic carbocycles. The van der Waals surface area contributed by atoms with Crippen LogP contribution in [0.25, 0.3) is 0 Å². The Morgan fingerprint density at radius 3 is 2.84 bits per heavy atom. The molecule has 3 heterocycles. The highest BCUT2D eigenvalue weighted by Gasteiger charge is 2.67. The normalized spacial score (nSPS) is 27.9. The highest BCUT2D eigenvalue weighted by molar-refractivity contribution is 9.10. The minimum absolute atomic E-state index is 0.0799. The van der Waals surface area contributed by atoms with Gasteiger partial charge in [-0.05, 0) is 50.2 Å². The van der Waals surface area contributed by atoms with E-state index in [1.54, 1.807) is 19.9 Å². The van der Waals surface area contributed by atoms with E-state index in [2.05, 4.69) is 21.2 Å². The molecule has 2 amide bonds. The summed E-state index contributed by atoms with van der Waals surface area (Å²) in [6, 6.07) is 8.49. The molecule has 3 aliphatic heterocycles. The van der Waals surface area contributed by atoms with Crippen LogP contribution < -0.4 is 10.1 Å². The van der Waals surface area contributed by atoms with E-state index in [4.69, 9.17) is 9.47 Å². The number of nitrogens with zero attached hydrogens (tertiary/aromatic N) is 1. The molecule has 4 atom stereocenters. The van der Waals surface area contributed by atoms with Crippen LogP contribution in [0.4, 0.5) is 10.1 Å². The first kappa shape index (κ1) is 20.9. The molecule has 0 radical (unpaired) electrons. The van der Waals surface area contributed by atoms with Gasteiger partial charge in [-0.2, -0.15) is 0 Å². The van der Waals surface area contributed by atoms with Gasteiger partial charge < -0.3 is 19.7 Å². The summed E-state index contributed by atoms with van der Waals surface area (Å²) in [5.41, 5.74) is -0.631. The minimum atomic E-state index is -1.57. The fraction of sp³-hybridized carbons (Fsp3) is 0.348. The predicted molar refractivity (Wildman–Crippen MR) is 116 cm³/mol. The number of hydrogen-bond acceptors (Lipinski definition) is 5. The molecule has 32 heavy (non-hydrogen) atoms. The lowest BCUT2D eigenvalue weighted by atomic mass is 9.77.